The maximum absolute atomic E-state index is 13.3. The highest BCUT2D eigenvalue weighted by Gasteiger charge is 2.45. The molecule has 0 aliphatic carbocycles. The molecule has 1 N–H and O–H groups in total. The van der Waals surface area contributed by atoms with E-state index in [1.54, 1.807) is 43.4 Å². The molecule has 2 aliphatic heterocycles. The molecule has 0 bridgehead atoms. The lowest BCUT2D eigenvalue weighted by molar-refractivity contribution is -0.127. The minimum Gasteiger partial charge on any atom is -0.497 e. The van der Waals surface area contributed by atoms with E-state index >= 15 is 0 Å². The predicted octanol–water partition coefficient (Wildman–Crippen LogP) is 2.85. The van der Waals surface area contributed by atoms with Gasteiger partial charge in [0.2, 0.25) is 0 Å². The second kappa shape index (κ2) is 7.96. The van der Waals surface area contributed by atoms with Crippen LogP contribution in [0, 0.1) is 0 Å². The minimum absolute atomic E-state index is 0.0618. The van der Waals surface area contributed by atoms with E-state index in [2.05, 4.69) is 11.9 Å². The smallest absolute Gasteiger partial charge is 0.322 e. The van der Waals surface area contributed by atoms with Gasteiger partial charge in [-0.2, -0.15) is 0 Å². The Balaban J connectivity index is 2.14. The van der Waals surface area contributed by atoms with Crippen molar-refractivity contribution in [3.63, 3.8) is 0 Å². The first kappa shape index (κ1) is 19.8. The molecule has 3 amide bonds. The summed E-state index contributed by atoms with van der Waals surface area (Å²) in [5, 5.41) is 2.97. The first-order valence-electron chi connectivity index (χ1n) is 9.41. The molecule has 2 heterocycles. The Labute approximate surface area is 165 Å². The third-order valence-corrected chi connectivity index (χ3v) is 5.43. The highest BCUT2D eigenvalue weighted by molar-refractivity contribution is 6.01. The molecule has 7 nitrogen and oxygen atoms in total. The number of hydrogen-bond donors (Lipinski definition) is 1. The fourth-order valence-electron chi connectivity index (χ4n) is 3.71. The lowest BCUT2D eigenvalue weighted by atomic mass is 9.94. The topological polar surface area (TPSA) is 71.1 Å². The summed E-state index contributed by atoms with van der Waals surface area (Å²) in [6, 6.07) is 4.59. The molecule has 2 aliphatic rings. The van der Waals surface area contributed by atoms with Crippen LogP contribution in [0.15, 0.2) is 42.1 Å². The lowest BCUT2D eigenvalue weighted by Gasteiger charge is -2.33. The van der Waals surface area contributed by atoms with E-state index in [-0.39, 0.29) is 18.0 Å². The van der Waals surface area contributed by atoms with Crippen molar-refractivity contribution in [1.29, 1.82) is 0 Å². The summed E-state index contributed by atoms with van der Waals surface area (Å²) in [5.41, 5.74) is 2.00. The predicted molar refractivity (Wildman–Crippen MR) is 106 cm³/mol. The maximum Gasteiger partial charge on any atom is 0.322 e. The second-order valence-corrected chi connectivity index (χ2v) is 6.94. The Morgan fingerprint density at radius 2 is 2.07 bits per heavy atom. The van der Waals surface area contributed by atoms with E-state index in [1.807, 2.05) is 18.7 Å². The van der Waals surface area contributed by atoms with Gasteiger partial charge in [0.15, 0.2) is 0 Å². The van der Waals surface area contributed by atoms with Crippen LogP contribution >= 0.6 is 0 Å². The Hall–Kier alpha value is -2.96. The third kappa shape index (κ3) is 3.21. The number of rotatable bonds is 7. The fourth-order valence-corrected chi connectivity index (χ4v) is 3.71. The number of urea groups is 1. The molecule has 28 heavy (non-hydrogen) atoms. The van der Waals surface area contributed by atoms with Crippen molar-refractivity contribution in [3.8, 4) is 11.5 Å². The normalized spacial score (nSPS) is 20.1. The van der Waals surface area contributed by atoms with Crippen LogP contribution in [0.25, 0.3) is 0 Å². The van der Waals surface area contributed by atoms with Gasteiger partial charge in [-0.15, -0.1) is 6.58 Å². The van der Waals surface area contributed by atoms with Crippen LogP contribution in [0.4, 0.5) is 4.79 Å². The van der Waals surface area contributed by atoms with Gasteiger partial charge in [0.05, 0.1) is 38.1 Å². The van der Waals surface area contributed by atoms with Crippen LogP contribution in [-0.4, -0.2) is 55.1 Å². The van der Waals surface area contributed by atoms with Gasteiger partial charge in [0.25, 0.3) is 5.91 Å². The summed E-state index contributed by atoms with van der Waals surface area (Å²) in [4.78, 5) is 29.6. The van der Waals surface area contributed by atoms with Gasteiger partial charge in [-0.25, -0.2) is 4.79 Å². The van der Waals surface area contributed by atoms with Gasteiger partial charge < -0.3 is 19.7 Å². The molecule has 1 aromatic rings. The van der Waals surface area contributed by atoms with E-state index in [0.29, 0.717) is 35.7 Å². The van der Waals surface area contributed by atoms with E-state index < -0.39 is 6.04 Å². The van der Waals surface area contributed by atoms with E-state index in [9.17, 15) is 9.59 Å². The zero-order chi connectivity index (χ0) is 20.4. The molecule has 0 spiro atoms. The summed E-state index contributed by atoms with van der Waals surface area (Å²) >= 11 is 0. The lowest BCUT2D eigenvalue weighted by Crippen LogP contribution is -2.47. The van der Waals surface area contributed by atoms with Crippen molar-refractivity contribution >= 4 is 11.9 Å². The van der Waals surface area contributed by atoms with E-state index in [1.165, 1.54) is 0 Å². The number of benzene rings is 1. The minimum atomic E-state index is -0.602. The molecule has 150 valence electrons. The van der Waals surface area contributed by atoms with Crippen LogP contribution in [0.5, 0.6) is 11.5 Å². The van der Waals surface area contributed by atoms with Crippen molar-refractivity contribution in [1.82, 2.24) is 15.1 Å². The number of hydrogen-bond acceptors (Lipinski definition) is 4. The Kier molecular flexibility index (Phi) is 5.63. The molecule has 3 rings (SSSR count). The largest absolute Gasteiger partial charge is 0.497 e. The number of amides is 3. The molecule has 7 heteroatoms. The van der Waals surface area contributed by atoms with Gasteiger partial charge in [-0.3, -0.25) is 9.69 Å². The molecular formula is C21H27N3O4. The van der Waals surface area contributed by atoms with Gasteiger partial charge in [0.1, 0.15) is 11.5 Å². The molecule has 2 atom stereocenters. The Morgan fingerprint density at radius 1 is 1.32 bits per heavy atom. The zero-order valence-electron chi connectivity index (χ0n) is 16.8. The van der Waals surface area contributed by atoms with E-state index in [0.717, 1.165) is 12.1 Å². The van der Waals surface area contributed by atoms with E-state index in [4.69, 9.17) is 9.47 Å². The number of methoxy groups -OCH3 is 2. The van der Waals surface area contributed by atoms with Gasteiger partial charge in [-0.1, -0.05) is 13.0 Å². The van der Waals surface area contributed by atoms with Crippen molar-refractivity contribution in [3.05, 3.63) is 47.7 Å². The van der Waals surface area contributed by atoms with Crippen LogP contribution < -0.4 is 14.8 Å². The number of carbonyl (C=O) groups excluding carboxylic acids is 2. The molecule has 0 saturated heterocycles. The molecule has 0 aromatic heterocycles. The number of carbonyl (C=O) groups is 2. The Bertz CT molecular complexity index is 833. The monoisotopic (exact) mass is 385 g/mol. The fraction of sp³-hybridized carbons (Fsp3) is 0.429. The Morgan fingerprint density at radius 3 is 2.68 bits per heavy atom. The highest BCUT2D eigenvalue weighted by Crippen LogP contribution is 2.41. The first-order valence-corrected chi connectivity index (χ1v) is 9.41. The summed E-state index contributed by atoms with van der Waals surface area (Å²) in [6.07, 6.45) is 2.50. The standard InChI is InChI=1S/C21H27N3O4/c1-6-10-23-16-12-24(13(3)7-2)20(25)18(16)19(22-21(23)26)15-11-14(27-4)8-9-17(15)28-5/h6,8-9,11,13,19H,1,7,10,12H2,2-5H3,(H,22,26)/t13-,19+/m0/s1. The highest BCUT2D eigenvalue weighted by atomic mass is 16.5. The molecule has 0 unspecified atom stereocenters. The maximum atomic E-state index is 13.3. The van der Waals surface area contributed by atoms with Crippen LogP contribution in [0.1, 0.15) is 31.9 Å². The average molecular weight is 385 g/mol. The average Bonchev–Trinajstić information content (AvgIpc) is 3.06. The van der Waals surface area contributed by atoms with Crippen molar-refractivity contribution in [2.75, 3.05) is 27.3 Å². The molecule has 0 radical (unpaired) electrons. The van der Waals surface area contributed by atoms with Gasteiger partial charge in [0, 0.05) is 18.2 Å². The molecule has 0 saturated carbocycles. The van der Waals surface area contributed by atoms with Gasteiger partial charge in [-0.05, 0) is 31.5 Å². The summed E-state index contributed by atoms with van der Waals surface area (Å²) in [7, 11) is 3.14. The van der Waals surface area contributed by atoms with Crippen molar-refractivity contribution in [2.24, 2.45) is 0 Å². The summed E-state index contributed by atoms with van der Waals surface area (Å²) in [5.74, 6) is 1.16. The van der Waals surface area contributed by atoms with Crippen molar-refractivity contribution in [2.45, 2.75) is 32.4 Å². The van der Waals surface area contributed by atoms with Crippen LogP contribution in [-0.2, 0) is 4.79 Å². The first-order chi connectivity index (χ1) is 13.5. The van der Waals surface area contributed by atoms with Crippen LogP contribution in [0.3, 0.4) is 0 Å². The zero-order valence-corrected chi connectivity index (χ0v) is 16.8. The molecular weight excluding hydrogens is 358 g/mol. The molecule has 1 aromatic carbocycles. The quantitative estimate of drug-likeness (QED) is 0.733. The number of nitrogens with zero attached hydrogens (tertiary/aromatic N) is 2. The summed E-state index contributed by atoms with van der Waals surface area (Å²) in [6.45, 7) is 8.55. The van der Waals surface area contributed by atoms with Crippen LogP contribution in [0.2, 0.25) is 0 Å². The third-order valence-electron chi connectivity index (χ3n) is 5.43. The van der Waals surface area contributed by atoms with Crippen molar-refractivity contribution < 1.29 is 19.1 Å². The second-order valence-electron chi connectivity index (χ2n) is 6.94. The number of nitrogens with one attached hydrogen (secondary N) is 1. The molecule has 0 fully saturated rings. The van der Waals surface area contributed by atoms with Gasteiger partial charge >= 0.3 is 6.03 Å². The summed E-state index contributed by atoms with van der Waals surface area (Å²) < 4.78 is 10.8. The number of ether oxygens (including phenoxy) is 2. The SMILES string of the molecule is C=CCN1C(=O)N[C@H](c2cc(OC)ccc2OC)C2=C1CN([C@@H](C)CC)C2=O.